The van der Waals surface area contributed by atoms with Crippen LogP contribution in [0.3, 0.4) is 0 Å². The fourth-order valence-corrected chi connectivity index (χ4v) is 3.15. The number of aliphatic carboxylic acids is 1. The van der Waals surface area contributed by atoms with Gasteiger partial charge < -0.3 is 14.5 Å². The zero-order valence-corrected chi connectivity index (χ0v) is 15.0. The molecular formula is C18H20ClN3O4. The predicted molar refractivity (Wildman–Crippen MR) is 94.6 cm³/mol. The van der Waals surface area contributed by atoms with Crippen LogP contribution in [0.15, 0.2) is 28.8 Å². The number of hydrogen-bond acceptors (Lipinski definition) is 5. The number of halogens is 1. The number of carboxylic acid groups (broad SMARTS) is 1. The highest BCUT2D eigenvalue weighted by Gasteiger charge is 2.27. The number of carbonyl (C=O) groups is 2. The second-order valence-electron chi connectivity index (χ2n) is 6.39. The lowest BCUT2D eigenvalue weighted by Crippen LogP contribution is -2.42. The van der Waals surface area contributed by atoms with Crippen LogP contribution in [0.5, 0.6) is 0 Å². The second-order valence-corrected chi connectivity index (χ2v) is 6.83. The lowest BCUT2D eigenvalue weighted by atomic mass is 9.98. The summed E-state index contributed by atoms with van der Waals surface area (Å²) in [5.74, 6) is -0.338. The van der Waals surface area contributed by atoms with Crippen molar-refractivity contribution in [1.29, 1.82) is 0 Å². The topological polar surface area (TPSA) is 96.5 Å². The van der Waals surface area contributed by atoms with E-state index in [1.807, 2.05) is 12.1 Å². The molecule has 1 aromatic carbocycles. The van der Waals surface area contributed by atoms with Crippen LogP contribution in [0.2, 0.25) is 5.02 Å². The molecule has 8 heteroatoms. The number of aryl methyl sites for hydroxylation is 1. The van der Waals surface area contributed by atoms with Gasteiger partial charge in [-0.3, -0.25) is 9.59 Å². The number of nitrogens with zero attached hydrogens (tertiary/aromatic N) is 3. The maximum Gasteiger partial charge on any atom is 0.308 e. The normalized spacial score (nSPS) is 17.3. The minimum atomic E-state index is -0.830. The van der Waals surface area contributed by atoms with Gasteiger partial charge in [0.15, 0.2) is 0 Å². The van der Waals surface area contributed by atoms with Gasteiger partial charge in [0, 0.05) is 36.5 Å². The van der Waals surface area contributed by atoms with Crippen molar-refractivity contribution >= 4 is 23.5 Å². The first-order valence-corrected chi connectivity index (χ1v) is 9.00. The number of rotatable bonds is 6. The Labute approximate surface area is 155 Å². The zero-order chi connectivity index (χ0) is 18.5. The molecule has 7 nitrogen and oxygen atoms in total. The molecule has 2 aromatic rings. The van der Waals surface area contributed by atoms with Gasteiger partial charge in [0.25, 0.3) is 0 Å². The van der Waals surface area contributed by atoms with Gasteiger partial charge in [-0.2, -0.15) is 4.98 Å². The van der Waals surface area contributed by atoms with Crippen molar-refractivity contribution in [1.82, 2.24) is 15.0 Å². The van der Waals surface area contributed by atoms with E-state index < -0.39 is 11.9 Å². The van der Waals surface area contributed by atoms with Crippen LogP contribution in [-0.4, -0.2) is 45.1 Å². The molecule has 0 radical (unpaired) electrons. The first kappa shape index (κ1) is 18.4. The maximum absolute atomic E-state index is 12.3. The lowest BCUT2D eigenvalue weighted by Gasteiger charge is -2.30. The van der Waals surface area contributed by atoms with Gasteiger partial charge in [0.2, 0.25) is 17.6 Å². The predicted octanol–water partition coefficient (Wildman–Crippen LogP) is 3.04. The van der Waals surface area contributed by atoms with Crippen LogP contribution in [0.4, 0.5) is 0 Å². The molecule has 1 amide bonds. The minimum Gasteiger partial charge on any atom is -0.481 e. The van der Waals surface area contributed by atoms with E-state index in [0.717, 1.165) is 12.0 Å². The van der Waals surface area contributed by atoms with Crippen molar-refractivity contribution in [3.05, 3.63) is 35.2 Å². The van der Waals surface area contributed by atoms with Crippen molar-refractivity contribution in [2.24, 2.45) is 5.92 Å². The SMILES string of the molecule is O=C(O)[C@H]1CCCN(C(=O)CCCc2nc(-c3ccc(Cl)cc3)no2)C1. The van der Waals surface area contributed by atoms with Gasteiger partial charge in [-0.25, -0.2) is 0 Å². The summed E-state index contributed by atoms with van der Waals surface area (Å²) in [5, 5.41) is 13.7. The molecule has 1 aliphatic rings. The van der Waals surface area contributed by atoms with E-state index in [9.17, 15) is 9.59 Å². The van der Waals surface area contributed by atoms with Crippen molar-refractivity contribution in [3.8, 4) is 11.4 Å². The molecule has 1 fully saturated rings. The molecule has 0 unspecified atom stereocenters. The molecule has 26 heavy (non-hydrogen) atoms. The summed E-state index contributed by atoms with van der Waals surface area (Å²) in [4.78, 5) is 29.3. The maximum atomic E-state index is 12.3. The molecule has 1 saturated heterocycles. The van der Waals surface area contributed by atoms with E-state index in [2.05, 4.69) is 10.1 Å². The first-order valence-electron chi connectivity index (χ1n) is 8.62. The van der Waals surface area contributed by atoms with Crippen molar-refractivity contribution in [3.63, 3.8) is 0 Å². The van der Waals surface area contributed by atoms with Crippen molar-refractivity contribution in [2.45, 2.75) is 32.1 Å². The Kier molecular flexibility index (Phi) is 5.88. The summed E-state index contributed by atoms with van der Waals surface area (Å²) in [6.45, 7) is 0.930. The summed E-state index contributed by atoms with van der Waals surface area (Å²) in [5.41, 5.74) is 0.813. The first-order chi connectivity index (χ1) is 12.5. The third-order valence-corrected chi connectivity index (χ3v) is 4.73. The second kappa shape index (κ2) is 8.31. The van der Waals surface area contributed by atoms with Gasteiger partial charge in [-0.1, -0.05) is 16.8 Å². The van der Waals surface area contributed by atoms with E-state index >= 15 is 0 Å². The monoisotopic (exact) mass is 377 g/mol. The molecule has 3 rings (SSSR count). The summed E-state index contributed by atoms with van der Waals surface area (Å²) in [7, 11) is 0. The van der Waals surface area contributed by atoms with Gasteiger partial charge in [-0.05, 0) is 43.5 Å². The van der Waals surface area contributed by atoms with E-state index in [1.54, 1.807) is 17.0 Å². The van der Waals surface area contributed by atoms with Gasteiger partial charge in [0.1, 0.15) is 0 Å². The fourth-order valence-electron chi connectivity index (χ4n) is 3.03. The largest absolute Gasteiger partial charge is 0.481 e. The third-order valence-electron chi connectivity index (χ3n) is 4.48. The molecule has 1 aromatic heterocycles. The Balaban J connectivity index is 1.48. The highest BCUT2D eigenvalue weighted by Crippen LogP contribution is 2.20. The molecule has 138 valence electrons. The number of likely N-dealkylation sites (tertiary alicyclic amines) is 1. The van der Waals surface area contributed by atoms with Crippen molar-refractivity contribution in [2.75, 3.05) is 13.1 Å². The molecule has 0 bridgehead atoms. The third kappa shape index (κ3) is 4.60. The van der Waals surface area contributed by atoms with Crippen LogP contribution in [-0.2, 0) is 16.0 Å². The Morgan fingerprint density at radius 2 is 2.08 bits per heavy atom. The molecule has 0 spiro atoms. The Bertz CT molecular complexity index is 775. The van der Waals surface area contributed by atoms with E-state index in [0.29, 0.717) is 55.5 Å². The zero-order valence-electron chi connectivity index (χ0n) is 14.2. The Morgan fingerprint density at radius 1 is 1.31 bits per heavy atom. The average molecular weight is 378 g/mol. The van der Waals surface area contributed by atoms with E-state index in [1.165, 1.54) is 0 Å². The minimum absolute atomic E-state index is 0.0200. The highest BCUT2D eigenvalue weighted by atomic mass is 35.5. The van der Waals surface area contributed by atoms with Crippen LogP contribution in [0.1, 0.15) is 31.6 Å². The van der Waals surface area contributed by atoms with Crippen LogP contribution >= 0.6 is 11.6 Å². The number of amides is 1. The number of carbonyl (C=O) groups excluding carboxylic acids is 1. The molecule has 2 heterocycles. The molecule has 0 aliphatic carbocycles. The quantitative estimate of drug-likeness (QED) is 0.831. The number of aromatic nitrogens is 2. The standard InChI is InChI=1S/C18H20ClN3O4/c19-14-8-6-12(7-9-14)17-20-15(26-21-17)4-1-5-16(23)22-10-2-3-13(11-22)18(24)25/h6-9,13H,1-5,10-11H2,(H,24,25)/t13-/m0/s1. The molecule has 1 N–H and O–H groups in total. The summed E-state index contributed by atoms with van der Waals surface area (Å²) >= 11 is 5.86. The fraction of sp³-hybridized carbons (Fsp3) is 0.444. The number of piperidine rings is 1. The highest BCUT2D eigenvalue weighted by molar-refractivity contribution is 6.30. The number of hydrogen-bond donors (Lipinski definition) is 1. The molecule has 1 aliphatic heterocycles. The van der Waals surface area contributed by atoms with E-state index in [4.69, 9.17) is 21.2 Å². The summed E-state index contributed by atoms with van der Waals surface area (Å²) in [6.07, 6.45) is 2.79. The van der Waals surface area contributed by atoms with Gasteiger partial charge in [-0.15, -0.1) is 0 Å². The molecular weight excluding hydrogens is 358 g/mol. The lowest BCUT2D eigenvalue weighted by molar-refractivity contribution is -0.145. The van der Waals surface area contributed by atoms with Crippen LogP contribution in [0, 0.1) is 5.92 Å². The Hall–Kier alpha value is -2.41. The summed E-state index contributed by atoms with van der Waals surface area (Å²) in [6, 6.07) is 7.15. The smallest absolute Gasteiger partial charge is 0.308 e. The summed E-state index contributed by atoms with van der Waals surface area (Å²) < 4.78 is 5.23. The van der Waals surface area contributed by atoms with Gasteiger partial charge in [0.05, 0.1) is 5.92 Å². The van der Waals surface area contributed by atoms with Crippen LogP contribution in [0.25, 0.3) is 11.4 Å². The van der Waals surface area contributed by atoms with Crippen LogP contribution < -0.4 is 0 Å². The molecule has 1 atom stereocenters. The van der Waals surface area contributed by atoms with Crippen molar-refractivity contribution < 1.29 is 19.2 Å². The molecule has 0 saturated carbocycles. The average Bonchev–Trinajstić information content (AvgIpc) is 3.11. The number of carboxylic acids is 1. The van der Waals surface area contributed by atoms with E-state index in [-0.39, 0.29) is 5.91 Å². The Morgan fingerprint density at radius 3 is 2.81 bits per heavy atom. The number of benzene rings is 1. The van der Waals surface area contributed by atoms with Gasteiger partial charge >= 0.3 is 5.97 Å².